The lowest BCUT2D eigenvalue weighted by atomic mass is 9.98. The smallest absolute Gasteiger partial charge is 0.242 e. The van der Waals surface area contributed by atoms with E-state index in [1.807, 2.05) is 11.9 Å². The van der Waals surface area contributed by atoms with E-state index in [0.29, 0.717) is 6.04 Å². The summed E-state index contributed by atoms with van der Waals surface area (Å²) in [6, 6.07) is 0.324. The molecule has 0 aliphatic carbocycles. The van der Waals surface area contributed by atoms with Gasteiger partial charge in [-0.15, -0.1) is 0 Å². The average Bonchev–Trinajstić information content (AvgIpc) is 2.38. The van der Waals surface area contributed by atoms with Gasteiger partial charge in [0.15, 0.2) is 0 Å². The third kappa shape index (κ3) is 3.45. The first-order valence-corrected chi connectivity index (χ1v) is 7.14. The standard InChI is InChI=1S/C14H29N3O/c1-6-7-12(2)16(5)13(18)14(3,4)17-10-8-15-9-11-17/h12,15H,6-11H2,1-5H3. The molecule has 0 aromatic carbocycles. The molecule has 18 heavy (non-hydrogen) atoms. The molecule has 1 unspecified atom stereocenters. The highest BCUT2D eigenvalue weighted by Crippen LogP contribution is 2.20. The highest BCUT2D eigenvalue weighted by atomic mass is 16.2. The van der Waals surface area contributed by atoms with Crippen LogP contribution in [0.1, 0.15) is 40.5 Å². The highest BCUT2D eigenvalue weighted by Gasteiger charge is 2.37. The second-order valence-corrected chi connectivity index (χ2v) is 5.85. The Balaban J connectivity index is 2.67. The van der Waals surface area contributed by atoms with Gasteiger partial charge in [-0.2, -0.15) is 0 Å². The third-order valence-electron chi connectivity index (χ3n) is 4.12. The predicted octanol–water partition coefficient (Wildman–Crippen LogP) is 1.32. The summed E-state index contributed by atoms with van der Waals surface area (Å²) < 4.78 is 0. The number of rotatable bonds is 5. The molecule has 1 aliphatic rings. The summed E-state index contributed by atoms with van der Waals surface area (Å²) in [6.45, 7) is 12.3. The summed E-state index contributed by atoms with van der Waals surface area (Å²) in [5.74, 6) is 0.241. The Labute approximate surface area is 112 Å². The summed E-state index contributed by atoms with van der Waals surface area (Å²) in [5.41, 5.74) is -0.390. The molecule has 1 N–H and O–H groups in total. The van der Waals surface area contributed by atoms with Gasteiger partial charge in [-0.25, -0.2) is 0 Å². The molecule has 106 valence electrons. The summed E-state index contributed by atoms with van der Waals surface area (Å²) in [6.07, 6.45) is 2.19. The van der Waals surface area contributed by atoms with Gasteiger partial charge in [0.05, 0.1) is 5.54 Å². The minimum atomic E-state index is -0.390. The maximum Gasteiger partial charge on any atom is 0.242 e. The first kappa shape index (κ1) is 15.4. The molecule has 1 heterocycles. The van der Waals surface area contributed by atoms with Crippen molar-refractivity contribution in [3.8, 4) is 0 Å². The van der Waals surface area contributed by atoms with Crippen molar-refractivity contribution in [2.75, 3.05) is 33.2 Å². The number of carbonyl (C=O) groups excluding carboxylic acids is 1. The Hall–Kier alpha value is -0.610. The van der Waals surface area contributed by atoms with Gasteiger partial charge in [-0.1, -0.05) is 13.3 Å². The van der Waals surface area contributed by atoms with Crippen LogP contribution in [0.4, 0.5) is 0 Å². The van der Waals surface area contributed by atoms with Gasteiger partial charge < -0.3 is 10.2 Å². The van der Waals surface area contributed by atoms with Crippen LogP contribution in [0, 0.1) is 0 Å². The highest BCUT2D eigenvalue weighted by molar-refractivity contribution is 5.85. The van der Waals surface area contributed by atoms with Crippen LogP contribution in [-0.2, 0) is 4.79 Å². The van der Waals surface area contributed by atoms with Crippen LogP contribution in [0.3, 0.4) is 0 Å². The Morgan fingerprint density at radius 1 is 1.39 bits per heavy atom. The van der Waals surface area contributed by atoms with Gasteiger partial charge in [-0.3, -0.25) is 9.69 Å². The molecule has 1 atom stereocenters. The van der Waals surface area contributed by atoms with Crippen molar-refractivity contribution in [3.05, 3.63) is 0 Å². The molecule has 1 fully saturated rings. The number of piperazine rings is 1. The molecular weight excluding hydrogens is 226 g/mol. The van der Waals surface area contributed by atoms with E-state index in [4.69, 9.17) is 0 Å². The molecule has 1 amide bonds. The largest absolute Gasteiger partial charge is 0.341 e. The molecule has 0 bridgehead atoms. The fourth-order valence-corrected chi connectivity index (χ4v) is 2.60. The SMILES string of the molecule is CCCC(C)N(C)C(=O)C(C)(C)N1CCNCC1. The Morgan fingerprint density at radius 2 is 1.94 bits per heavy atom. The zero-order chi connectivity index (χ0) is 13.8. The fraction of sp³-hybridized carbons (Fsp3) is 0.929. The maximum atomic E-state index is 12.6. The Kier molecular flexibility index (Phi) is 5.60. The quantitative estimate of drug-likeness (QED) is 0.805. The van der Waals surface area contributed by atoms with E-state index < -0.39 is 5.54 Å². The number of nitrogens with zero attached hydrogens (tertiary/aromatic N) is 2. The Morgan fingerprint density at radius 3 is 2.44 bits per heavy atom. The van der Waals surface area contributed by atoms with Gasteiger partial charge in [0.2, 0.25) is 5.91 Å². The normalized spacial score (nSPS) is 19.6. The Bertz CT molecular complexity index is 272. The van der Waals surface area contributed by atoms with Crippen LogP contribution < -0.4 is 5.32 Å². The molecule has 0 radical (unpaired) electrons. The van der Waals surface area contributed by atoms with Gasteiger partial charge in [0, 0.05) is 39.3 Å². The lowest BCUT2D eigenvalue weighted by Crippen LogP contribution is -2.61. The van der Waals surface area contributed by atoms with Crippen LogP contribution >= 0.6 is 0 Å². The zero-order valence-electron chi connectivity index (χ0n) is 12.6. The molecular formula is C14H29N3O. The lowest BCUT2D eigenvalue weighted by Gasteiger charge is -2.43. The van der Waals surface area contributed by atoms with Crippen molar-refractivity contribution >= 4 is 5.91 Å². The van der Waals surface area contributed by atoms with Crippen LogP contribution in [0.5, 0.6) is 0 Å². The van der Waals surface area contributed by atoms with Crippen LogP contribution in [0.2, 0.25) is 0 Å². The molecule has 0 saturated carbocycles. The number of hydrogen-bond acceptors (Lipinski definition) is 3. The van der Waals surface area contributed by atoms with Gasteiger partial charge >= 0.3 is 0 Å². The van der Waals surface area contributed by atoms with Crippen molar-refractivity contribution in [1.29, 1.82) is 0 Å². The van der Waals surface area contributed by atoms with Crippen LogP contribution in [0.25, 0.3) is 0 Å². The lowest BCUT2D eigenvalue weighted by molar-refractivity contribution is -0.143. The third-order valence-corrected chi connectivity index (χ3v) is 4.12. The van der Waals surface area contributed by atoms with Crippen molar-refractivity contribution < 1.29 is 4.79 Å². The minimum Gasteiger partial charge on any atom is -0.341 e. The minimum absolute atomic E-state index is 0.241. The molecule has 0 spiro atoms. The van der Waals surface area contributed by atoms with Crippen LogP contribution in [0.15, 0.2) is 0 Å². The van der Waals surface area contributed by atoms with Crippen molar-refractivity contribution in [3.63, 3.8) is 0 Å². The molecule has 0 aromatic rings. The van der Waals surface area contributed by atoms with Crippen molar-refractivity contribution in [2.24, 2.45) is 0 Å². The average molecular weight is 255 g/mol. The van der Waals surface area contributed by atoms with Crippen molar-refractivity contribution in [2.45, 2.75) is 52.1 Å². The summed E-state index contributed by atoms with van der Waals surface area (Å²) in [5, 5.41) is 3.33. The summed E-state index contributed by atoms with van der Waals surface area (Å²) in [4.78, 5) is 16.9. The number of likely N-dealkylation sites (N-methyl/N-ethyl adjacent to an activating group) is 1. The van der Waals surface area contributed by atoms with E-state index in [-0.39, 0.29) is 5.91 Å². The van der Waals surface area contributed by atoms with Gasteiger partial charge in [-0.05, 0) is 27.2 Å². The number of carbonyl (C=O) groups is 1. The van der Waals surface area contributed by atoms with Crippen LogP contribution in [-0.4, -0.2) is 60.5 Å². The number of nitrogens with one attached hydrogen (secondary N) is 1. The number of amides is 1. The first-order chi connectivity index (χ1) is 8.41. The second-order valence-electron chi connectivity index (χ2n) is 5.85. The van der Waals surface area contributed by atoms with E-state index in [1.54, 1.807) is 0 Å². The number of hydrogen-bond donors (Lipinski definition) is 1. The molecule has 1 rings (SSSR count). The second kappa shape index (κ2) is 6.53. The predicted molar refractivity (Wildman–Crippen MR) is 75.7 cm³/mol. The fourth-order valence-electron chi connectivity index (χ4n) is 2.60. The summed E-state index contributed by atoms with van der Waals surface area (Å²) >= 11 is 0. The van der Waals surface area contributed by atoms with Crippen molar-refractivity contribution in [1.82, 2.24) is 15.1 Å². The van der Waals surface area contributed by atoms with Gasteiger partial charge in [0.25, 0.3) is 0 Å². The van der Waals surface area contributed by atoms with E-state index in [2.05, 4.69) is 37.9 Å². The summed E-state index contributed by atoms with van der Waals surface area (Å²) in [7, 11) is 1.94. The zero-order valence-corrected chi connectivity index (χ0v) is 12.6. The van der Waals surface area contributed by atoms with E-state index >= 15 is 0 Å². The molecule has 4 nitrogen and oxygen atoms in total. The molecule has 4 heteroatoms. The molecule has 1 saturated heterocycles. The maximum absolute atomic E-state index is 12.6. The van der Waals surface area contributed by atoms with E-state index in [0.717, 1.165) is 39.0 Å². The van der Waals surface area contributed by atoms with E-state index in [9.17, 15) is 4.79 Å². The first-order valence-electron chi connectivity index (χ1n) is 7.14. The topological polar surface area (TPSA) is 35.6 Å². The molecule has 0 aromatic heterocycles. The van der Waals surface area contributed by atoms with E-state index in [1.165, 1.54) is 0 Å². The van der Waals surface area contributed by atoms with Gasteiger partial charge in [0.1, 0.15) is 0 Å². The monoisotopic (exact) mass is 255 g/mol. The molecule has 1 aliphatic heterocycles.